The maximum Gasteiger partial charge on any atom is 0.413 e. The lowest BCUT2D eigenvalue weighted by atomic mass is 10.2. The first kappa shape index (κ1) is 16.7. The number of nitrogens with zero attached hydrogens (tertiary/aromatic N) is 2. The summed E-state index contributed by atoms with van der Waals surface area (Å²) >= 11 is 1.19. The van der Waals surface area contributed by atoms with Crippen molar-refractivity contribution in [2.24, 2.45) is 0 Å². The van der Waals surface area contributed by atoms with E-state index in [4.69, 9.17) is 14.6 Å². The Labute approximate surface area is 132 Å². The van der Waals surface area contributed by atoms with E-state index in [0.29, 0.717) is 5.01 Å². The highest BCUT2D eigenvalue weighted by Crippen LogP contribution is 2.38. The first-order valence-electron chi connectivity index (χ1n) is 6.86. The van der Waals surface area contributed by atoms with Crippen LogP contribution in [0.15, 0.2) is 5.38 Å². The molecule has 0 spiro atoms. The molecule has 1 aliphatic rings. The normalized spacial score (nSPS) is 21.0. The summed E-state index contributed by atoms with van der Waals surface area (Å²) in [5, 5.41) is 11.0. The molecule has 8 heteroatoms. The average Bonchev–Trinajstić information content (AvgIpc) is 2.90. The van der Waals surface area contributed by atoms with E-state index in [1.54, 1.807) is 34.6 Å². The number of hydrogen-bond donors (Lipinski definition) is 1. The van der Waals surface area contributed by atoms with Gasteiger partial charge in [-0.1, -0.05) is 0 Å². The number of aromatic nitrogens is 1. The van der Waals surface area contributed by atoms with Gasteiger partial charge >= 0.3 is 12.1 Å². The predicted molar refractivity (Wildman–Crippen MR) is 79.9 cm³/mol. The lowest BCUT2D eigenvalue weighted by Gasteiger charge is -2.34. The zero-order chi connectivity index (χ0) is 16.7. The van der Waals surface area contributed by atoms with Crippen LogP contribution in [0.25, 0.3) is 0 Å². The zero-order valence-corrected chi connectivity index (χ0v) is 14.1. The summed E-state index contributed by atoms with van der Waals surface area (Å²) in [6, 6.07) is -0.456. The van der Waals surface area contributed by atoms with Crippen molar-refractivity contribution in [1.29, 1.82) is 0 Å². The molecule has 1 N–H and O–H groups in total. The van der Waals surface area contributed by atoms with Gasteiger partial charge in [0, 0.05) is 5.38 Å². The summed E-state index contributed by atoms with van der Waals surface area (Å²) in [6.45, 7) is 9.14. The van der Waals surface area contributed by atoms with Crippen molar-refractivity contribution in [1.82, 2.24) is 9.88 Å². The fourth-order valence-corrected chi connectivity index (χ4v) is 3.05. The highest BCUT2D eigenvalue weighted by molar-refractivity contribution is 7.09. The lowest BCUT2D eigenvalue weighted by Crippen LogP contribution is -2.47. The third-order valence-corrected chi connectivity index (χ3v) is 4.05. The minimum atomic E-state index is -1.09. The van der Waals surface area contributed by atoms with Crippen LogP contribution in [-0.4, -0.2) is 45.0 Å². The summed E-state index contributed by atoms with van der Waals surface area (Å²) in [6.07, 6.45) is -0.507. The molecule has 1 saturated heterocycles. The maximum atomic E-state index is 12.5. The fraction of sp³-hybridized carbons (Fsp3) is 0.643. The molecule has 0 aromatic carbocycles. The molecule has 1 aromatic rings. The molecular formula is C14H20N2O5S. The summed E-state index contributed by atoms with van der Waals surface area (Å²) in [5.74, 6) is -1.09. The highest BCUT2D eigenvalue weighted by Gasteiger charge is 2.47. The second-order valence-corrected chi connectivity index (χ2v) is 7.39. The van der Waals surface area contributed by atoms with Gasteiger partial charge in [-0.05, 0) is 34.6 Å². The van der Waals surface area contributed by atoms with Crippen LogP contribution in [0.4, 0.5) is 4.79 Å². The molecule has 1 aliphatic heterocycles. The Kier molecular flexibility index (Phi) is 4.18. The fourth-order valence-electron chi connectivity index (χ4n) is 2.18. The van der Waals surface area contributed by atoms with Gasteiger partial charge in [0.2, 0.25) is 0 Å². The molecule has 0 unspecified atom stereocenters. The Morgan fingerprint density at radius 1 is 1.50 bits per heavy atom. The molecule has 1 atom stereocenters. The average molecular weight is 328 g/mol. The number of amides is 1. The van der Waals surface area contributed by atoms with Crippen LogP contribution in [0.2, 0.25) is 0 Å². The number of carbonyl (C=O) groups excluding carboxylic acids is 1. The molecule has 22 heavy (non-hydrogen) atoms. The van der Waals surface area contributed by atoms with E-state index in [-0.39, 0.29) is 12.3 Å². The summed E-state index contributed by atoms with van der Waals surface area (Å²) in [4.78, 5) is 29.0. The van der Waals surface area contributed by atoms with Gasteiger partial charge in [0.1, 0.15) is 22.4 Å². The lowest BCUT2D eigenvalue weighted by molar-refractivity contribution is -0.0626. The van der Waals surface area contributed by atoms with E-state index < -0.39 is 29.4 Å². The molecule has 0 aliphatic carbocycles. The molecular weight excluding hydrogens is 308 g/mol. The van der Waals surface area contributed by atoms with Gasteiger partial charge in [-0.3, -0.25) is 4.90 Å². The van der Waals surface area contributed by atoms with Gasteiger partial charge in [-0.15, -0.1) is 11.3 Å². The van der Waals surface area contributed by atoms with Crippen molar-refractivity contribution >= 4 is 23.4 Å². The Balaban J connectivity index is 2.29. The first-order valence-corrected chi connectivity index (χ1v) is 7.74. The Morgan fingerprint density at radius 2 is 2.14 bits per heavy atom. The molecule has 7 nitrogen and oxygen atoms in total. The molecule has 2 heterocycles. The first-order chi connectivity index (χ1) is 10.0. The minimum absolute atomic E-state index is 0.0335. The van der Waals surface area contributed by atoms with Gasteiger partial charge < -0.3 is 14.6 Å². The molecule has 2 rings (SSSR count). The minimum Gasteiger partial charge on any atom is -0.476 e. The van der Waals surface area contributed by atoms with E-state index >= 15 is 0 Å². The summed E-state index contributed by atoms with van der Waals surface area (Å²) in [5.41, 5.74) is -1.51. The van der Waals surface area contributed by atoms with Crippen molar-refractivity contribution < 1.29 is 24.2 Å². The zero-order valence-electron chi connectivity index (χ0n) is 13.2. The van der Waals surface area contributed by atoms with Gasteiger partial charge in [0.15, 0.2) is 5.69 Å². The van der Waals surface area contributed by atoms with Crippen molar-refractivity contribution in [3.63, 3.8) is 0 Å². The van der Waals surface area contributed by atoms with Crippen LogP contribution in [0.3, 0.4) is 0 Å². The number of carboxylic acid groups (broad SMARTS) is 1. The van der Waals surface area contributed by atoms with Crippen LogP contribution >= 0.6 is 11.3 Å². The number of hydrogen-bond acceptors (Lipinski definition) is 6. The smallest absolute Gasteiger partial charge is 0.413 e. The van der Waals surface area contributed by atoms with Gasteiger partial charge in [-0.2, -0.15) is 0 Å². The quantitative estimate of drug-likeness (QED) is 0.898. The molecule has 122 valence electrons. The molecule has 1 aromatic heterocycles. The van der Waals surface area contributed by atoms with E-state index in [1.165, 1.54) is 21.6 Å². The number of ether oxygens (including phenoxy) is 2. The van der Waals surface area contributed by atoms with Gasteiger partial charge in [0.05, 0.1) is 6.61 Å². The van der Waals surface area contributed by atoms with Gasteiger partial charge in [0.25, 0.3) is 0 Å². The SMILES string of the molecule is CC(C)(C)OC(=O)N1[C@H](c2nc(C(=O)O)cs2)COC1(C)C. The Bertz CT molecular complexity index is 590. The van der Waals surface area contributed by atoms with Crippen molar-refractivity contribution in [2.75, 3.05) is 6.61 Å². The van der Waals surface area contributed by atoms with Crippen molar-refractivity contribution in [2.45, 2.75) is 52.0 Å². The largest absolute Gasteiger partial charge is 0.476 e. The highest BCUT2D eigenvalue weighted by atomic mass is 32.1. The molecule has 0 bridgehead atoms. The van der Waals surface area contributed by atoms with Crippen LogP contribution in [0.5, 0.6) is 0 Å². The van der Waals surface area contributed by atoms with Crippen LogP contribution < -0.4 is 0 Å². The van der Waals surface area contributed by atoms with E-state index in [9.17, 15) is 9.59 Å². The summed E-state index contributed by atoms with van der Waals surface area (Å²) < 4.78 is 11.1. The van der Waals surface area contributed by atoms with E-state index in [2.05, 4.69) is 4.98 Å². The second kappa shape index (κ2) is 5.51. The van der Waals surface area contributed by atoms with Crippen molar-refractivity contribution in [3.8, 4) is 0 Å². The van der Waals surface area contributed by atoms with Crippen LogP contribution in [-0.2, 0) is 9.47 Å². The molecule has 1 fully saturated rings. The van der Waals surface area contributed by atoms with Crippen LogP contribution in [0.1, 0.15) is 56.2 Å². The van der Waals surface area contributed by atoms with E-state index in [0.717, 1.165) is 0 Å². The number of carbonyl (C=O) groups is 2. The number of carboxylic acids is 1. The van der Waals surface area contributed by atoms with Crippen LogP contribution in [0, 0.1) is 0 Å². The molecule has 0 radical (unpaired) electrons. The topological polar surface area (TPSA) is 89.0 Å². The molecule has 1 amide bonds. The third-order valence-electron chi connectivity index (χ3n) is 3.10. The predicted octanol–water partition coefficient (Wildman–Crippen LogP) is 2.89. The molecule has 0 saturated carbocycles. The third kappa shape index (κ3) is 3.38. The number of thiazole rings is 1. The number of aromatic carboxylic acids is 1. The standard InChI is InChI=1S/C14H20N2O5S/c1-13(2,3)21-12(19)16-9(6-20-14(16,4)5)10-15-8(7-22-10)11(17)18/h7,9H,6H2,1-5H3,(H,17,18)/t9-/m0/s1. The second-order valence-electron chi connectivity index (χ2n) is 6.50. The van der Waals surface area contributed by atoms with Gasteiger partial charge in [-0.25, -0.2) is 14.6 Å². The number of rotatable bonds is 2. The Hall–Kier alpha value is -1.67. The maximum absolute atomic E-state index is 12.5. The van der Waals surface area contributed by atoms with E-state index in [1.807, 2.05) is 0 Å². The van der Waals surface area contributed by atoms with Crippen molar-refractivity contribution in [3.05, 3.63) is 16.1 Å². The Morgan fingerprint density at radius 3 is 2.64 bits per heavy atom. The monoisotopic (exact) mass is 328 g/mol. The summed E-state index contributed by atoms with van der Waals surface area (Å²) in [7, 11) is 0.